The molecule has 3 heteroatoms. The monoisotopic (exact) mass is 226 g/mol. The van der Waals surface area contributed by atoms with Crippen LogP contribution in [0.2, 0.25) is 0 Å². The third-order valence-electron chi connectivity index (χ3n) is 2.81. The van der Waals surface area contributed by atoms with Gasteiger partial charge in [-0.05, 0) is 18.2 Å². The number of fused-ring (bicyclic) bond motifs is 3. The normalized spacial score (nSPS) is 11.5. The molecule has 0 spiro atoms. The van der Waals surface area contributed by atoms with E-state index < -0.39 is 0 Å². The summed E-state index contributed by atoms with van der Waals surface area (Å²) >= 11 is 0. The van der Waals surface area contributed by atoms with Crippen LogP contribution in [0.3, 0.4) is 0 Å². The molecule has 0 bridgehead atoms. The molecule has 1 heterocycles. The standard InChI is InChI=1S/C13H11N2P/c1-16-15-12-5-3-2-4-10(12)11-7-6-9(14)8-13(11)15/h2-8H,1,14H2. The first kappa shape index (κ1) is 9.44. The minimum Gasteiger partial charge on any atom is -0.399 e. The van der Waals surface area contributed by atoms with Crippen LogP contribution in [-0.2, 0) is 0 Å². The highest BCUT2D eigenvalue weighted by molar-refractivity contribution is 7.35. The average molecular weight is 226 g/mol. The molecule has 3 aromatic rings. The maximum atomic E-state index is 5.83. The van der Waals surface area contributed by atoms with Crippen LogP contribution in [0, 0.1) is 0 Å². The summed E-state index contributed by atoms with van der Waals surface area (Å²) in [6.07, 6.45) is 3.95. The minimum atomic E-state index is 0.792. The van der Waals surface area contributed by atoms with Crippen molar-refractivity contribution in [3.8, 4) is 0 Å². The van der Waals surface area contributed by atoms with Crippen LogP contribution < -0.4 is 5.73 Å². The quantitative estimate of drug-likeness (QED) is 0.499. The lowest BCUT2D eigenvalue weighted by Crippen LogP contribution is -1.84. The predicted molar refractivity (Wildman–Crippen MR) is 73.3 cm³/mol. The van der Waals surface area contributed by atoms with Gasteiger partial charge in [0.05, 0.1) is 11.0 Å². The number of rotatable bonds is 1. The summed E-state index contributed by atoms with van der Waals surface area (Å²) in [4.78, 5) is 0. The maximum absolute atomic E-state index is 5.83. The Labute approximate surface area is 95.1 Å². The lowest BCUT2D eigenvalue weighted by atomic mass is 10.1. The number of para-hydroxylation sites is 1. The van der Waals surface area contributed by atoms with Gasteiger partial charge in [0.1, 0.15) is 0 Å². The van der Waals surface area contributed by atoms with Gasteiger partial charge in [-0.3, -0.25) is 4.34 Å². The Bertz CT molecular complexity index is 698. The summed E-state index contributed by atoms with van der Waals surface area (Å²) in [5.74, 6) is 0. The second kappa shape index (κ2) is 3.36. The van der Waals surface area contributed by atoms with Crippen LogP contribution in [-0.4, -0.2) is 10.6 Å². The van der Waals surface area contributed by atoms with Gasteiger partial charge in [0.25, 0.3) is 0 Å². The fourth-order valence-electron chi connectivity index (χ4n) is 2.12. The van der Waals surface area contributed by atoms with E-state index in [0.29, 0.717) is 0 Å². The van der Waals surface area contributed by atoms with Gasteiger partial charge in [-0.15, -0.1) is 0 Å². The zero-order valence-corrected chi connectivity index (χ0v) is 9.61. The van der Waals surface area contributed by atoms with Gasteiger partial charge in [-0.25, -0.2) is 0 Å². The molecular formula is C13H11N2P. The fourth-order valence-corrected chi connectivity index (χ4v) is 2.76. The Morgan fingerprint density at radius 3 is 2.56 bits per heavy atom. The van der Waals surface area contributed by atoms with Gasteiger partial charge in [0.2, 0.25) is 0 Å². The highest BCUT2D eigenvalue weighted by atomic mass is 31.1. The van der Waals surface area contributed by atoms with Crippen molar-refractivity contribution >= 4 is 42.1 Å². The molecule has 3 rings (SSSR count). The largest absolute Gasteiger partial charge is 0.399 e. The molecule has 0 aliphatic carbocycles. The summed E-state index contributed by atoms with van der Waals surface area (Å²) in [5, 5.41) is 2.50. The van der Waals surface area contributed by atoms with Crippen LogP contribution in [0.5, 0.6) is 0 Å². The maximum Gasteiger partial charge on any atom is 0.0596 e. The number of hydrogen-bond donors (Lipinski definition) is 1. The van der Waals surface area contributed by atoms with Gasteiger partial charge in [-0.1, -0.05) is 30.6 Å². The van der Waals surface area contributed by atoms with Crippen molar-refractivity contribution in [2.75, 3.05) is 5.73 Å². The smallest absolute Gasteiger partial charge is 0.0596 e. The lowest BCUT2D eigenvalue weighted by Gasteiger charge is -1.98. The number of nitrogen functional groups attached to an aromatic ring is 1. The van der Waals surface area contributed by atoms with Crippen molar-refractivity contribution in [3.05, 3.63) is 42.5 Å². The van der Waals surface area contributed by atoms with Gasteiger partial charge < -0.3 is 5.73 Å². The molecule has 0 fully saturated rings. The number of anilines is 1. The molecule has 0 aliphatic heterocycles. The van der Waals surface area contributed by atoms with Gasteiger partial charge in [0, 0.05) is 24.8 Å². The van der Waals surface area contributed by atoms with Crippen LogP contribution in [0.15, 0.2) is 42.5 Å². The molecule has 0 unspecified atom stereocenters. The van der Waals surface area contributed by atoms with Crippen LogP contribution in [0.4, 0.5) is 5.69 Å². The molecule has 0 atom stereocenters. The summed E-state index contributed by atoms with van der Waals surface area (Å²) < 4.78 is 2.17. The van der Waals surface area contributed by atoms with E-state index in [2.05, 4.69) is 34.9 Å². The molecule has 0 aliphatic rings. The van der Waals surface area contributed by atoms with Crippen molar-refractivity contribution in [1.82, 2.24) is 4.34 Å². The van der Waals surface area contributed by atoms with Crippen LogP contribution >= 0.6 is 8.35 Å². The number of benzene rings is 2. The SMILES string of the molecule is C=Pn1c2ccccc2c2ccc(N)cc21. The van der Waals surface area contributed by atoms with Crippen LogP contribution in [0.25, 0.3) is 21.8 Å². The van der Waals surface area contributed by atoms with E-state index in [0.717, 1.165) is 19.6 Å². The summed E-state index contributed by atoms with van der Waals surface area (Å²) in [7, 11) is 0.962. The Balaban J connectivity index is 2.63. The number of hydrogen-bond acceptors (Lipinski definition) is 1. The molecule has 2 aromatic carbocycles. The van der Waals surface area contributed by atoms with E-state index >= 15 is 0 Å². The van der Waals surface area contributed by atoms with Crippen LogP contribution in [0.1, 0.15) is 0 Å². The van der Waals surface area contributed by atoms with E-state index in [-0.39, 0.29) is 0 Å². The molecule has 16 heavy (non-hydrogen) atoms. The van der Waals surface area contributed by atoms with Crippen molar-refractivity contribution in [2.45, 2.75) is 0 Å². The molecule has 78 valence electrons. The highest BCUT2D eigenvalue weighted by Gasteiger charge is 2.08. The van der Waals surface area contributed by atoms with Crippen molar-refractivity contribution in [2.24, 2.45) is 0 Å². The second-order valence-electron chi connectivity index (χ2n) is 3.75. The Kier molecular flexibility index (Phi) is 1.98. The Morgan fingerprint density at radius 1 is 1.00 bits per heavy atom. The third-order valence-corrected chi connectivity index (χ3v) is 3.53. The predicted octanol–water partition coefficient (Wildman–Crippen LogP) is 3.52. The zero-order chi connectivity index (χ0) is 11.1. The molecule has 0 saturated carbocycles. The number of nitrogens with two attached hydrogens (primary N) is 1. The van der Waals surface area contributed by atoms with E-state index in [1.54, 1.807) is 0 Å². The fraction of sp³-hybridized carbons (Fsp3) is 0. The van der Waals surface area contributed by atoms with E-state index in [1.165, 1.54) is 16.3 Å². The van der Waals surface area contributed by atoms with E-state index in [1.807, 2.05) is 18.2 Å². The topological polar surface area (TPSA) is 30.9 Å². The first-order valence-electron chi connectivity index (χ1n) is 5.07. The lowest BCUT2D eigenvalue weighted by molar-refractivity contribution is 1.42. The number of aromatic nitrogens is 1. The first-order chi connectivity index (χ1) is 7.81. The highest BCUT2D eigenvalue weighted by Crippen LogP contribution is 2.32. The van der Waals surface area contributed by atoms with Gasteiger partial charge in [0.15, 0.2) is 0 Å². The molecule has 2 N–H and O–H groups in total. The molecule has 0 radical (unpaired) electrons. The zero-order valence-electron chi connectivity index (χ0n) is 8.72. The molecule has 0 saturated heterocycles. The number of nitrogens with zero attached hydrogens (tertiary/aromatic N) is 1. The summed E-state index contributed by atoms with van der Waals surface area (Å²) in [5.41, 5.74) is 8.98. The van der Waals surface area contributed by atoms with Crippen molar-refractivity contribution < 1.29 is 0 Å². The van der Waals surface area contributed by atoms with Crippen molar-refractivity contribution in [1.29, 1.82) is 0 Å². The van der Waals surface area contributed by atoms with Gasteiger partial charge in [-0.2, -0.15) is 0 Å². The average Bonchev–Trinajstić information content (AvgIpc) is 2.61. The van der Waals surface area contributed by atoms with E-state index in [9.17, 15) is 0 Å². The molecule has 0 amide bonds. The summed E-state index contributed by atoms with van der Waals surface area (Å²) in [6.45, 7) is 0. The second-order valence-corrected chi connectivity index (χ2v) is 4.43. The van der Waals surface area contributed by atoms with Gasteiger partial charge >= 0.3 is 0 Å². The molecule has 2 nitrogen and oxygen atoms in total. The summed E-state index contributed by atoms with van der Waals surface area (Å²) in [6, 6.07) is 14.4. The minimum absolute atomic E-state index is 0.792. The first-order valence-corrected chi connectivity index (χ1v) is 6.10. The van der Waals surface area contributed by atoms with E-state index in [4.69, 9.17) is 5.73 Å². The molecule has 1 aromatic heterocycles. The Morgan fingerprint density at radius 2 is 1.75 bits per heavy atom. The molecular weight excluding hydrogens is 215 g/mol. The third kappa shape index (κ3) is 1.17. The van der Waals surface area contributed by atoms with Crippen molar-refractivity contribution in [3.63, 3.8) is 0 Å². The Hall–Kier alpha value is -1.79.